The second kappa shape index (κ2) is 5.97. The van der Waals surface area contributed by atoms with Gasteiger partial charge in [-0.15, -0.1) is 0 Å². The van der Waals surface area contributed by atoms with E-state index >= 15 is 0 Å². The Morgan fingerprint density at radius 1 is 0.952 bits per heavy atom. The van der Waals surface area contributed by atoms with Gasteiger partial charge < -0.3 is 0 Å². The minimum absolute atomic E-state index is 0.0715. The lowest BCUT2D eigenvalue weighted by Crippen LogP contribution is -2.20. The average Bonchev–Trinajstić information content (AvgIpc) is 2.55. The summed E-state index contributed by atoms with van der Waals surface area (Å²) in [5.41, 5.74) is 2.88. The first-order valence-corrected chi connectivity index (χ1v) is 7.80. The van der Waals surface area contributed by atoms with Crippen molar-refractivity contribution in [1.82, 2.24) is 9.55 Å². The van der Waals surface area contributed by atoms with Crippen LogP contribution in [0.4, 0.5) is 0 Å². The van der Waals surface area contributed by atoms with Gasteiger partial charge in [-0.2, -0.15) is 0 Å². The molecular weight excluding hydrogens is 280 g/mol. The number of para-hydroxylation sites is 1. The van der Waals surface area contributed by atoms with E-state index in [2.05, 4.69) is 4.98 Å². The molecule has 0 aliphatic carbocycles. The zero-order chi connectivity index (χ0) is 14.7. The van der Waals surface area contributed by atoms with E-state index in [4.69, 9.17) is 0 Å². The first-order valence-electron chi connectivity index (χ1n) is 6.58. The molecule has 3 rings (SSSR count). The fraction of sp³-hybridized carbons (Fsp3) is 0.0588. The Labute approximate surface area is 127 Å². The van der Waals surface area contributed by atoms with Gasteiger partial charge in [-0.1, -0.05) is 60.3 Å². The molecule has 0 saturated carbocycles. The molecule has 0 unspecified atom stereocenters. The van der Waals surface area contributed by atoms with Crippen molar-refractivity contribution >= 4 is 11.8 Å². The molecule has 0 saturated heterocycles. The lowest BCUT2D eigenvalue weighted by Gasteiger charge is -2.14. The first kappa shape index (κ1) is 13.6. The molecule has 0 atom stereocenters. The van der Waals surface area contributed by atoms with Gasteiger partial charge >= 0.3 is 0 Å². The number of benzene rings is 2. The van der Waals surface area contributed by atoms with Crippen molar-refractivity contribution in [2.75, 3.05) is 6.26 Å². The molecular formula is C17H14N2OS. The van der Waals surface area contributed by atoms with E-state index in [0.717, 1.165) is 16.8 Å². The van der Waals surface area contributed by atoms with Gasteiger partial charge in [0.2, 0.25) is 0 Å². The molecule has 0 aliphatic heterocycles. The molecule has 1 heterocycles. The van der Waals surface area contributed by atoms with E-state index < -0.39 is 0 Å². The highest BCUT2D eigenvalue weighted by atomic mass is 32.2. The van der Waals surface area contributed by atoms with Gasteiger partial charge in [0.1, 0.15) is 0 Å². The van der Waals surface area contributed by atoms with E-state index in [1.807, 2.05) is 60.9 Å². The molecule has 0 bridgehead atoms. The van der Waals surface area contributed by atoms with E-state index in [1.165, 1.54) is 17.8 Å². The van der Waals surface area contributed by atoms with Crippen molar-refractivity contribution in [2.24, 2.45) is 0 Å². The van der Waals surface area contributed by atoms with Crippen LogP contribution in [0.5, 0.6) is 0 Å². The lowest BCUT2D eigenvalue weighted by atomic mass is 10.0. The fourth-order valence-corrected chi connectivity index (χ4v) is 2.82. The third-order valence-corrected chi connectivity index (χ3v) is 3.88. The van der Waals surface area contributed by atoms with Gasteiger partial charge in [0.25, 0.3) is 5.56 Å². The van der Waals surface area contributed by atoms with Crippen molar-refractivity contribution in [3.8, 4) is 16.8 Å². The van der Waals surface area contributed by atoms with Crippen molar-refractivity contribution in [2.45, 2.75) is 5.16 Å². The van der Waals surface area contributed by atoms with E-state index in [0.29, 0.717) is 5.16 Å². The topological polar surface area (TPSA) is 34.9 Å². The Balaban J connectivity index is 2.29. The van der Waals surface area contributed by atoms with Crippen LogP contribution in [-0.2, 0) is 0 Å². The van der Waals surface area contributed by atoms with Crippen LogP contribution in [0.25, 0.3) is 16.8 Å². The van der Waals surface area contributed by atoms with Gasteiger partial charge in [0, 0.05) is 17.8 Å². The molecule has 0 fully saturated rings. The standard InChI is InChI=1S/C17H14N2OS/c1-21-17-18-12-11-16(20)19(17)15-10-6-5-9-14(15)13-7-3-2-4-8-13/h2-12H,1H3. The van der Waals surface area contributed by atoms with Crippen LogP contribution in [0.15, 0.2) is 76.8 Å². The van der Waals surface area contributed by atoms with Crippen LogP contribution in [0, 0.1) is 0 Å². The Bertz CT molecular complexity index is 812. The molecule has 104 valence electrons. The first-order chi connectivity index (χ1) is 10.3. The highest BCUT2D eigenvalue weighted by molar-refractivity contribution is 7.98. The molecule has 2 aromatic carbocycles. The summed E-state index contributed by atoms with van der Waals surface area (Å²) in [5, 5.41) is 0.686. The molecule has 0 radical (unpaired) electrons. The summed E-state index contributed by atoms with van der Waals surface area (Å²) < 4.78 is 1.66. The largest absolute Gasteiger partial charge is 0.269 e. The second-order valence-electron chi connectivity index (χ2n) is 4.49. The third-order valence-electron chi connectivity index (χ3n) is 3.23. The number of hydrogen-bond acceptors (Lipinski definition) is 3. The fourth-order valence-electron chi connectivity index (χ4n) is 2.29. The van der Waals surface area contributed by atoms with Crippen LogP contribution in [-0.4, -0.2) is 15.8 Å². The summed E-state index contributed by atoms with van der Waals surface area (Å²) in [6.45, 7) is 0. The summed E-state index contributed by atoms with van der Waals surface area (Å²) in [5.74, 6) is 0. The van der Waals surface area contributed by atoms with E-state index in [9.17, 15) is 4.79 Å². The number of aromatic nitrogens is 2. The van der Waals surface area contributed by atoms with Crippen LogP contribution in [0.2, 0.25) is 0 Å². The quantitative estimate of drug-likeness (QED) is 0.546. The molecule has 4 heteroatoms. The molecule has 0 spiro atoms. The van der Waals surface area contributed by atoms with Gasteiger partial charge in [-0.25, -0.2) is 4.98 Å². The molecule has 3 aromatic rings. The Kier molecular flexibility index (Phi) is 3.88. The molecule has 21 heavy (non-hydrogen) atoms. The minimum atomic E-state index is -0.0715. The molecule has 3 nitrogen and oxygen atoms in total. The summed E-state index contributed by atoms with van der Waals surface area (Å²) in [6, 6.07) is 19.4. The van der Waals surface area contributed by atoms with Crippen LogP contribution in [0.1, 0.15) is 0 Å². The molecule has 0 amide bonds. The number of nitrogens with zero attached hydrogens (tertiary/aromatic N) is 2. The van der Waals surface area contributed by atoms with Crippen LogP contribution < -0.4 is 5.56 Å². The SMILES string of the molecule is CSc1nccc(=O)n1-c1ccccc1-c1ccccc1. The highest BCUT2D eigenvalue weighted by Gasteiger charge is 2.11. The van der Waals surface area contributed by atoms with Gasteiger partial charge in [-0.3, -0.25) is 9.36 Å². The third kappa shape index (κ3) is 2.62. The van der Waals surface area contributed by atoms with Crippen LogP contribution >= 0.6 is 11.8 Å². The van der Waals surface area contributed by atoms with E-state index in [-0.39, 0.29) is 5.56 Å². The minimum Gasteiger partial charge on any atom is -0.269 e. The maximum atomic E-state index is 12.3. The number of hydrogen-bond donors (Lipinski definition) is 0. The summed E-state index contributed by atoms with van der Waals surface area (Å²) >= 11 is 1.46. The summed E-state index contributed by atoms with van der Waals surface area (Å²) in [4.78, 5) is 16.6. The average molecular weight is 294 g/mol. The monoisotopic (exact) mass is 294 g/mol. The number of thioether (sulfide) groups is 1. The lowest BCUT2D eigenvalue weighted by molar-refractivity contribution is 0.799. The van der Waals surface area contributed by atoms with Crippen molar-refractivity contribution in [3.05, 3.63) is 77.2 Å². The maximum Gasteiger partial charge on any atom is 0.258 e. The molecule has 0 N–H and O–H groups in total. The summed E-state index contributed by atoms with van der Waals surface area (Å²) in [7, 11) is 0. The zero-order valence-electron chi connectivity index (χ0n) is 11.6. The highest BCUT2D eigenvalue weighted by Crippen LogP contribution is 2.27. The van der Waals surface area contributed by atoms with Crippen molar-refractivity contribution < 1.29 is 0 Å². The number of rotatable bonds is 3. The maximum absolute atomic E-state index is 12.3. The zero-order valence-corrected chi connectivity index (χ0v) is 12.4. The predicted molar refractivity (Wildman–Crippen MR) is 87.1 cm³/mol. The Morgan fingerprint density at radius 3 is 2.43 bits per heavy atom. The second-order valence-corrected chi connectivity index (χ2v) is 5.26. The predicted octanol–water partition coefficient (Wildman–Crippen LogP) is 3.62. The van der Waals surface area contributed by atoms with Gasteiger partial charge in [0.15, 0.2) is 5.16 Å². The Hall–Kier alpha value is -2.33. The summed E-state index contributed by atoms with van der Waals surface area (Å²) in [6.07, 6.45) is 3.47. The smallest absolute Gasteiger partial charge is 0.258 e. The normalized spacial score (nSPS) is 10.5. The molecule has 1 aromatic heterocycles. The van der Waals surface area contributed by atoms with Crippen molar-refractivity contribution in [1.29, 1.82) is 0 Å². The van der Waals surface area contributed by atoms with E-state index in [1.54, 1.807) is 10.8 Å². The Morgan fingerprint density at radius 2 is 1.67 bits per heavy atom. The van der Waals surface area contributed by atoms with Gasteiger partial charge in [-0.05, 0) is 17.9 Å². The van der Waals surface area contributed by atoms with Crippen LogP contribution in [0.3, 0.4) is 0 Å². The molecule has 0 aliphatic rings. The van der Waals surface area contributed by atoms with Gasteiger partial charge in [0.05, 0.1) is 5.69 Å². The van der Waals surface area contributed by atoms with Crippen molar-refractivity contribution in [3.63, 3.8) is 0 Å².